The Bertz CT molecular complexity index is 259. The Labute approximate surface area is 77.1 Å². The maximum absolute atomic E-state index is 11.0. The fraction of sp³-hybridized carbons (Fsp3) is 0.700. The Morgan fingerprint density at radius 2 is 2.38 bits per heavy atom. The Hall–Kier alpha value is -0.830. The predicted molar refractivity (Wildman–Crippen MR) is 47.1 cm³/mol. The standard InChI is InChI=1S/C10H14O3/c11-4-3-10-2-1-7(6-10)5-8(10)9(12)13/h1-2,7-8,11H,3-6H2,(H,12,13)/t7-,8+,10-/m1/s1. The van der Waals surface area contributed by atoms with Crippen LogP contribution < -0.4 is 0 Å². The van der Waals surface area contributed by atoms with Gasteiger partial charge in [-0.2, -0.15) is 0 Å². The SMILES string of the molecule is O=C(O)[C@@H]1C[C@H]2C=C[C@@]1(CCO)C2. The van der Waals surface area contributed by atoms with Crippen molar-refractivity contribution >= 4 is 5.97 Å². The van der Waals surface area contributed by atoms with E-state index in [1.807, 2.05) is 6.08 Å². The second-order valence-corrected chi connectivity index (χ2v) is 4.16. The average Bonchev–Trinajstić information content (AvgIpc) is 2.60. The van der Waals surface area contributed by atoms with Crippen LogP contribution in [0.2, 0.25) is 0 Å². The molecule has 0 amide bonds. The lowest BCUT2D eigenvalue weighted by molar-refractivity contribution is -0.144. The number of carboxylic acids is 1. The highest BCUT2D eigenvalue weighted by Crippen LogP contribution is 2.55. The topological polar surface area (TPSA) is 57.5 Å². The minimum Gasteiger partial charge on any atom is -0.481 e. The van der Waals surface area contributed by atoms with Crippen LogP contribution in [-0.2, 0) is 4.79 Å². The third-order valence-corrected chi connectivity index (χ3v) is 3.45. The lowest BCUT2D eigenvalue weighted by Crippen LogP contribution is -2.30. The van der Waals surface area contributed by atoms with E-state index in [1.165, 1.54) is 0 Å². The number of hydrogen-bond acceptors (Lipinski definition) is 2. The quantitative estimate of drug-likeness (QED) is 0.641. The highest BCUT2D eigenvalue weighted by Gasteiger charge is 2.51. The molecule has 13 heavy (non-hydrogen) atoms. The zero-order chi connectivity index (χ0) is 9.47. The molecule has 0 aromatic carbocycles. The normalized spacial score (nSPS) is 41.3. The number of aliphatic hydroxyl groups is 1. The first-order valence-corrected chi connectivity index (χ1v) is 4.71. The molecule has 1 saturated carbocycles. The predicted octanol–water partition coefficient (Wildman–Crippen LogP) is 1.04. The summed E-state index contributed by atoms with van der Waals surface area (Å²) in [7, 11) is 0. The van der Waals surface area contributed by atoms with Gasteiger partial charge in [-0.15, -0.1) is 0 Å². The first-order chi connectivity index (χ1) is 6.18. The van der Waals surface area contributed by atoms with Crippen LogP contribution in [-0.4, -0.2) is 22.8 Å². The number of aliphatic hydroxyl groups excluding tert-OH is 1. The van der Waals surface area contributed by atoms with Crippen molar-refractivity contribution in [2.24, 2.45) is 17.3 Å². The summed E-state index contributed by atoms with van der Waals surface area (Å²) in [5.41, 5.74) is -0.231. The number of carbonyl (C=O) groups is 1. The molecule has 0 aromatic rings. The van der Waals surface area contributed by atoms with Gasteiger partial charge in [-0.3, -0.25) is 4.79 Å². The Kier molecular flexibility index (Phi) is 1.91. The first-order valence-electron chi connectivity index (χ1n) is 4.71. The van der Waals surface area contributed by atoms with Crippen molar-refractivity contribution in [1.29, 1.82) is 0 Å². The molecule has 0 heterocycles. The molecule has 3 nitrogen and oxygen atoms in total. The third kappa shape index (κ3) is 1.18. The molecular weight excluding hydrogens is 168 g/mol. The van der Waals surface area contributed by atoms with Gasteiger partial charge >= 0.3 is 5.97 Å². The fourth-order valence-corrected chi connectivity index (χ4v) is 2.82. The summed E-state index contributed by atoms with van der Waals surface area (Å²) in [4.78, 5) is 11.0. The smallest absolute Gasteiger partial charge is 0.307 e. The summed E-state index contributed by atoms with van der Waals surface area (Å²) < 4.78 is 0. The van der Waals surface area contributed by atoms with Crippen molar-refractivity contribution < 1.29 is 15.0 Å². The van der Waals surface area contributed by atoms with Gasteiger partial charge < -0.3 is 10.2 Å². The first kappa shape index (κ1) is 8.75. The highest BCUT2D eigenvalue weighted by molar-refractivity contribution is 5.72. The minimum absolute atomic E-state index is 0.0842. The second-order valence-electron chi connectivity index (χ2n) is 4.16. The molecule has 2 N–H and O–H groups in total. The third-order valence-electron chi connectivity index (χ3n) is 3.45. The van der Waals surface area contributed by atoms with E-state index in [0.29, 0.717) is 12.3 Å². The van der Waals surface area contributed by atoms with E-state index in [4.69, 9.17) is 10.2 Å². The van der Waals surface area contributed by atoms with Gasteiger partial charge in [0, 0.05) is 12.0 Å². The van der Waals surface area contributed by atoms with E-state index < -0.39 is 5.97 Å². The van der Waals surface area contributed by atoms with Gasteiger partial charge in [-0.1, -0.05) is 12.2 Å². The molecule has 1 fully saturated rings. The molecule has 72 valence electrons. The monoisotopic (exact) mass is 182 g/mol. The van der Waals surface area contributed by atoms with Crippen molar-refractivity contribution in [3.63, 3.8) is 0 Å². The Morgan fingerprint density at radius 1 is 1.62 bits per heavy atom. The molecule has 2 rings (SSSR count). The summed E-state index contributed by atoms with van der Waals surface area (Å²) in [6.45, 7) is 0.0842. The number of hydrogen-bond donors (Lipinski definition) is 2. The van der Waals surface area contributed by atoms with Crippen LogP contribution in [0.1, 0.15) is 19.3 Å². The second kappa shape index (κ2) is 2.84. The van der Waals surface area contributed by atoms with Crippen molar-refractivity contribution in [2.45, 2.75) is 19.3 Å². The van der Waals surface area contributed by atoms with E-state index in [1.54, 1.807) is 0 Å². The van der Waals surface area contributed by atoms with Crippen LogP contribution in [0.5, 0.6) is 0 Å². The van der Waals surface area contributed by atoms with Gasteiger partial charge in [0.1, 0.15) is 0 Å². The van der Waals surface area contributed by atoms with Crippen LogP contribution in [0.4, 0.5) is 0 Å². The van der Waals surface area contributed by atoms with Gasteiger partial charge in [-0.05, 0) is 25.2 Å². The van der Waals surface area contributed by atoms with E-state index in [0.717, 1.165) is 12.8 Å². The summed E-state index contributed by atoms with van der Waals surface area (Å²) in [5.74, 6) is -0.539. The number of allylic oxidation sites excluding steroid dienone is 2. The van der Waals surface area contributed by atoms with Gasteiger partial charge in [-0.25, -0.2) is 0 Å². The van der Waals surface area contributed by atoms with E-state index in [-0.39, 0.29) is 17.9 Å². The zero-order valence-corrected chi connectivity index (χ0v) is 7.44. The van der Waals surface area contributed by atoms with E-state index in [2.05, 4.69) is 6.08 Å². The molecule has 0 saturated heterocycles. The van der Waals surface area contributed by atoms with Crippen molar-refractivity contribution in [2.75, 3.05) is 6.61 Å². The molecule has 2 aliphatic rings. The van der Waals surface area contributed by atoms with E-state index >= 15 is 0 Å². The molecule has 2 bridgehead atoms. The summed E-state index contributed by atoms with van der Waals surface area (Å²) in [5, 5.41) is 17.9. The van der Waals surface area contributed by atoms with Crippen LogP contribution in [0.15, 0.2) is 12.2 Å². The van der Waals surface area contributed by atoms with Crippen molar-refractivity contribution in [3.05, 3.63) is 12.2 Å². The van der Waals surface area contributed by atoms with Gasteiger partial charge in [0.2, 0.25) is 0 Å². The largest absolute Gasteiger partial charge is 0.481 e. The molecule has 0 unspecified atom stereocenters. The molecule has 0 radical (unpaired) electrons. The number of fused-ring (bicyclic) bond motifs is 2. The maximum Gasteiger partial charge on any atom is 0.307 e. The van der Waals surface area contributed by atoms with Gasteiger partial charge in [0.05, 0.1) is 5.92 Å². The Balaban J connectivity index is 2.23. The molecule has 0 spiro atoms. The molecule has 3 heteroatoms. The Morgan fingerprint density at radius 3 is 2.92 bits per heavy atom. The molecular formula is C10H14O3. The number of aliphatic carboxylic acids is 1. The van der Waals surface area contributed by atoms with Crippen molar-refractivity contribution in [3.8, 4) is 0 Å². The van der Waals surface area contributed by atoms with Crippen LogP contribution in [0.3, 0.4) is 0 Å². The fourth-order valence-electron chi connectivity index (χ4n) is 2.82. The molecule has 0 aliphatic heterocycles. The van der Waals surface area contributed by atoms with Crippen LogP contribution >= 0.6 is 0 Å². The minimum atomic E-state index is -0.708. The van der Waals surface area contributed by atoms with Crippen molar-refractivity contribution in [1.82, 2.24) is 0 Å². The maximum atomic E-state index is 11.0. The lowest BCUT2D eigenvalue weighted by Gasteiger charge is -2.28. The summed E-state index contributed by atoms with van der Waals surface area (Å²) >= 11 is 0. The van der Waals surface area contributed by atoms with E-state index in [9.17, 15) is 4.79 Å². The summed E-state index contributed by atoms with van der Waals surface area (Å²) in [6.07, 6.45) is 6.39. The van der Waals surface area contributed by atoms with Crippen LogP contribution in [0.25, 0.3) is 0 Å². The lowest BCUT2D eigenvalue weighted by atomic mass is 9.76. The summed E-state index contributed by atoms with van der Waals surface area (Å²) in [6, 6.07) is 0. The molecule has 3 atom stereocenters. The van der Waals surface area contributed by atoms with Gasteiger partial charge in [0.25, 0.3) is 0 Å². The zero-order valence-electron chi connectivity index (χ0n) is 7.44. The molecule has 2 aliphatic carbocycles. The highest BCUT2D eigenvalue weighted by atomic mass is 16.4. The number of carboxylic acid groups (broad SMARTS) is 1. The number of rotatable bonds is 3. The molecule has 0 aromatic heterocycles. The van der Waals surface area contributed by atoms with Gasteiger partial charge in [0.15, 0.2) is 0 Å². The average molecular weight is 182 g/mol. The van der Waals surface area contributed by atoms with Crippen LogP contribution in [0, 0.1) is 17.3 Å².